The minimum absolute atomic E-state index is 0.107. The number of hydrogen-bond acceptors (Lipinski definition) is 5. The normalized spacial score (nSPS) is 12.4. The second kappa shape index (κ2) is 9.51. The third-order valence-electron chi connectivity index (χ3n) is 5.03. The lowest BCUT2D eigenvalue weighted by Crippen LogP contribution is -2.13. The number of aromatic nitrogens is 1. The van der Waals surface area contributed by atoms with Crippen LogP contribution in [-0.4, -0.2) is 37.8 Å². The van der Waals surface area contributed by atoms with Gasteiger partial charge in [-0.05, 0) is 37.1 Å². The van der Waals surface area contributed by atoms with E-state index in [0.29, 0.717) is 28.5 Å². The molecule has 0 saturated heterocycles. The standard InChI is InChI=1S/C25H28N2O4/c1-7-18(24(28)17-13-21(29-4)25(31-6)22(14-17)30-5)27-23(15(2)3)20-12-16-10-8-9-11-19(16)26-20/h7-15,26H,1-6H3/b18-7-,27-23+. The number of benzene rings is 2. The molecule has 0 bridgehead atoms. The fraction of sp³-hybridized carbons (Fsp3) is 0.280. The van der Waals surface area contributed by atoms with Gasteiger partial charge in [0.15, 0.2) is 11.5 Å². The highest BCUT2D eigenvalue weighted by Crippen LogP contribution is 2.38. The van der Waals surface area contributed by atoms with Crippen molar-refractivity contribution in [1.29, 1.82) is 0 Å². The summed E-state index contributed by atoms with van der Waals surface area (Å²) in [6.07, 6.45) is 1.72. The Morgan fingerprint density at radius 3 is 2.16 bits per heavy atom. The van der Waals surface area contributed by atoms with Gasteiger partial charge in [0.25, 0.3) is 0 Å². The Morgan fingerprint density at radius 2 is 1.65 bits per heavy atom. The first-order valence-corrected chi connectivity index (χ1v) is 10.1. The second-order valence-electron chi connectivity index (χ2n) is 7.34. The van der Waals surface area contributed by atoms with Crippen molar-refractivity contribution in [1.82, 2.24) is 4.98 Å². The van der Waals surface area contributed by atoms with Crippen LogP contribution in [0.5, 0.6) is 17.2 Å². The van der Waals surface area contributed by atoms with Crippen LogP contribution in [0, 0.1) is 5.92 Å². The van der Waals surface area contributed by atoms with Crippen molar-refractivity contribution in [2.75, 3.05) is 21.3 Å². The lowest BCUT2D eigenvalue weighted by atomic mass is 10.0. The van der Waals surface area contributed by atoms with E-state index in [-0.39, 0.29) is 11.7 Å². The fourth-order valence-corrected chi connectivity index (χ4v) is 3.45. The van der Waals surface area contributed by atoms with E-state index in [4.69, 9.17) is 19.2 Å². The number of para-hydroxylation sites is 1. The number of aromatic amines is 1. The highest BCUT2D eigenvalue weighted by atomic mass is 16.5. The first-order valence-electron chi connectivity index (χ1n) is 10.1. The molecule has 162 valence electrons. The Bertz CT molecular complexity index is 1100. The van der Waals surface area contributed by atoms with E-state index < -0.39 is 0 Å². The number of aliphatic imine (C=N–C) groups is 1. The van der Waals surface area contributed by atoms with Crippen LogP contribution in [0.15, 0.2) is 59.2 Å². The van der Waals surface area contributed by atoms with Crippen LogP contribution in [0.25, 0.3) is 10.9 Å². The molecule has 0 aliphatic rings. The minimum Gasteiger partial charge on any atom is -0.493 e. The zero-order chi connectivity index (χ0) is 22.5. The largest absolute Gasteiger partial charge is 0.493 e. The van der Waals surface area contributed by atoms with Gasteiger partial charge in [-0.1, -0.05) is 38.1 Å². The van der Waals surface area contributed by atoms with Crippen LogP contribution in [0.2, 0.25) is 0 Å². The SMILES string of the molecule is C/C=C(\N=C(\c1cc2ccccc2[nH]1)C(C)C)C(=O)c1cc(OC)c(OC)c(OC)c1. The van der Waals surface area contributed by atoms with Crippen LogP contribution in [0.1, 0.15) is 36.8 Å². The summed E-state index contributed by atoms with van der Waals surface area (Å²) in [5, 5.41) is 1.10. The molecule has 1 aromatic heterocycles. The molecule has 0 unspecified atom stereocenters. The number of methoxy groups -OCH3 is 3. The Morgan fingerprint density at radius 1 is 1.00 bits per heavy atom. The van der Waals surface area contributed by atoms with E-state index in [9.17, 15) is 4.79 Å². The zero-order valence-electron chi connectivity index (χ0n) is 18.8. The molecule has 3 aromatic rings. The minimum atomic E-state index is -0.226. The fourth-order valence-electron chi connectivity index (χ4n) is 3.45. The number of nitrogens with one attached hydrogen (secondary N) is 1. The number of Topliss-reactive ketones (excluding diaryl/α,β-unsaturated/α-hetero) is 1. The average molecular weight is 421 g/mol. The van der Waals surface area contributed by atoms with Gasteiger partial charge in [0, 0.05) is 16.5 Å². The number of nitrogens with zero attached hydrogens (tertiary/aromatic N) is 1. The van der Waals surface area contributed by atoms with Crippen LogP contribution in [-0.2, 0) is 0 Å². The van der Waals surface area contributed by atoms with Gasteiger partial charge < -0.3 is 19.2 Å². The average Bonchev–Trinajstić information content (AvgIpc) is 3.21. The number of ketones is 1. The molecule has 31 heavy (non-hydrogen) atoms. The smallest absolute Gasteiger partial charge is 0.211 e. The molecular formula is C25H28N2O4. The topological polar surface area (TPSA) is 72.9 Å². The quantitative estimate of drug-likeness (QED) is 0.300. The molecule has 0 saturated carbocycles. The summed E-state index contributed by atoms with van der Waals surface area (Å²) in [6.45, 7) is 5.92. The number of H-pyrrole nitrogens is 1. The van der Waals surface area contributed by atoms with E-state index in [1.807, 2.05) is 24.3 Å². The first kappa shape index (κ1) is 22.2. The molecule has 6 nitrogen and oxygen atoms in total. The predicted molar refractivity (Wildman–Crippen MR) is 124 cm³/mol. The van der Waals surface area contributed by atoms with Gasteiger partial charge in [0.1, 0.15) is 5.70 Å². The number of ether oxygens (including phenoxy) is 3. The summed E-state index contributed by atoms with van der Waals surface area (Å²) in [6, 6.07) is 13.4. The van der Waals surface area contributed by atoms with Crippen molar-refractivity contribution in [3.05, 3.63) is 65.5 Å². The van der Waals surface area contributed by atoms with Gasteiger partial charge in [-0.15, -0.1) is 0 Å². The molecule has 0 amide bonds. The summed E-state index contributed by atoms with van der Waals surface area (Å²) in [5.41, 5.74) is 3.49. The van der Waals surface area contributed by atoms with E-state index in [1.165, 1.54) is 21.3 Å². The molecule has 0 radical (unpaired) electrons. The van der Waals surface area contributed by atoms with Gasteiger partial charge in [-0.3, -0.25) is 4.79 Å². The molecule has 2 aromatic carbocycles. The maximum atomic E-state index is 13.3. The third kappa shape index (κ3) is 4.48. The van der Waals surface area contributed by atoms with Crippen molar-refractivity contribution in [3.63, 3.8) is 0 Å². The number of fused-ring (bicyclic) bond motifs is 1. The predicted octanol–water partition coefficient (Wildman–Crippen LogP) is 5.43. The monoisotopic (exact) mass is 420 g/mol. The summed E-state index contributed by atoms with van der Waals surface area (Å²) in [7, 11) is 4.57. The van der Waals surface area contributed by atoms with Crippen LogP contribution in [0.4, 0.5) is 0 Å². The Balaban J connectivity index is 2.05. The van der Waals surface area contributed by atoms with E-state index in [2.05, 4.69) is 24.9 Å². The van der Waals surface area contributed by atoms with Gasteiger partial charge in [0.2, 0.25) is 11.5 Å². The van der Waals surface area contributed by atoms with Crippen LogP contribution in [0.3, 0.4) is 0 Å². The third-order valence-corrected chi connectivity index (χ3v) is 5.03. The van der Waals surface area contributed by atoms with Crippen LogP contribution < -0.4 is 14.2 Å². The summed E-state index contributed by atoms with van der Waals surface area (Å²) in [5.74, 6) is 1.16. The molecule has 0 spiro atoms. The first-order chi connectivity index (χ1) is 14.9. The van der Waals surface area contributed by atoms with Crippen molar-refractivity contribution in [2.24, 2.45) is 10.9 Å². The molecule has 0 fully saturated rings. The number of allylic oxidation sites excluding steroid dienone is 2. The molecule has 0 aliphatic carbocycles. The van der Waals surface area contributed by atoms with Crippen molar-refractivity contribution in [3.8, 4) is 17.2 Å². The lowest BCUT2D eigenvalue weighted by molar-refractivity contribution is 0.103. The van der Waals surface area contributed by atoms with Crippen molar-refractivity contribution in [2.45, 2.75) is 20.8 Å². The molecule has 3 rings (SSSR count). The van der Waals surface area contributed by atoms with Crippen LogP contribution >= 0.6 is 0 Å². The number of carbonyl (C=O) groups is 1. The molecule has 6 heteroatoms. The number of hydrogen-bond donors (Lipinski definition) is 1. The van der Waals surface area contributed by atoms with Crippen molar-refractivity contribution < 1.29 is 19.0 Å². The Labute approximate surface area is 182 Å². The maximum Gasteiger partial charge on any atom is 0.211 e. The van der Waals surface area contributed by atoms with Gasteiger partial charge in [0.05, 0.1) is 32.7 Å². The molecule has 0 atom stereocenters. The summed E-state index contributed by atoms with van der Waals surface area (Å²) >= 11 is 0. The summed E-state index contributed by atoms with van der Waals surface area (Å²) < 4.78 is 16.1. The molecule has 1 N–H and O–H groups in total. The molecule has 1 heterocycles. The molecular weight excluding hydrogens is 392 g/mol. The number of rotatable bonds is 8. The second-order valence-corrected chi connectivity index (χ2v) is 7.34. The summed E-state index contributed by atoms with van der Waals surface area (Å²) in [4.78, 5) is 21.5. The van der Waals surface area contributed by atoms with E-state index in [1.54, 1.807) is 25.1 Å². The maximum absolute atomic E-state index is 13.3. The van der Waals surface area contributed by atoms with Gasteiger partial charge in [-0.25, -0.2) is 4.99 Å². The van der Waals surface area contributed by atoms with E-state index >= 15 is 0 Å². The number of carbonyl (C=O) groups excluding carboxylic acids is 1. The highest BCUT2D eigenvalue weighted by Gasteiger charge is 2.21. The zero-order valence-corrected chi connectivity index (χ0v) is 18.8. The lowest BCUT2D eigenvalue weighted by Gasteiger charge is -2.14. The van der Waals surface area contributed by atoms with Gasteiger partial charge >= 0.3 is 0 Å². The van der Waals surface area contributed by atoms with Gasteiger partial charge in [-0.2, -0.15) is 0 Å². The van der Waals surface area contributed by atoms with E-state index in [0.717, 1.165) is 22.3 Å². The Kier molecular flexibility index (Phi) is 6.80. The highest BCUT2D eigenvalue weighted by molar-refractivity contribution is 6.13. The Hall–Kier alpha value is -3.54. The molecule has 0 aliphatic heterocycles. The van der Waals surface area contributed by atoms with Crippen molar-refractivity contribution >= 4 is 22.4 Å².